The smallest absolute Gasteiger partial charge is 0.352 e. The maximum Gasteiger partial charge on any atom is 0.352 e. The molecular formula is C14H17ClN4O2. The first-order valence-corrected chi connectivity index (χ1v) is 6.89. The van der Waals surface area contributed by atoms with Gasteiger partial charge in [-0.15, -0.1) is 0 Å². The number of aromatic nitrogens is 1. The molecule has 0 radical (unpaired) electrons. The highest BCUT2D eigenvalue weighted by molar-refractivity contribution is 6.29. The summed E-state index contributed by atoms with van der Waals surface area (Å²) < 4.78 is 4.86. The molecule has 1 aromatic heterocycles. The van der Waals surface area contributed by atoms with Crippen LogP contribution in [0.5, 0.6) is 0 Å². The Morgan fingerprint density at radius 1 is 1.43 bits per heavy atom. The Labute approximate surface area is 128 Å². The monoisotopic (exact) mass is 308 g/mol. The first-order chi connectivity index (χ1) is 10.1. The number of nitrogens with one attached hydrogen (secondary N) is 2. The second kappa shape index (κ2) is 8.82. The van der Waals surface area contributed by atoms with Crippen LogP contribution < -0.4 is 10.6 Å². The molecule has 0 bridgehead atoms. The van der Waals surface area contributed by atoms with E-state index in [2.05, 4.69) is 15.6 Å². The lowest BCUT2D eigenvalue weighted by molar-refractivity contribution is -0.138. The van der Waals surface area contributed by atoms with E-state index in [0.29, 0.717) is 24.1 Å². The van der Waals surface area contributed by atoms with Crippen LogP contribution in [-0.2, 0) is 16.1 Å². The van der Waals surface area contributed by atoms with E-state index in [9.17, 15) is 4.79 Å². The highest BCUT2D eigenvalue weighted by Gasteiger charge is 2.16. The van der Waals surface area contributed by atoms with Crippen LogP contribution in [0.2, 0.25) is 5.15 Å². The fourth-order valence-corrected chi connectivity index (χ4v) is 1.64. The molecule has 0 aliphatic carbocycles. The summed E-state index contributed by atoms with van der Waals surface area (Å²) in [6.45, 7) is 4.73. The molecule has 1 aromatic rings. The largest absolute Gasteiger partial charge is 0.462 e. The molecule has 0 saturated heterocycles. The van der Waals surface area contributed by atoms with E-state index >= 15 is 0 Å². The summed E-state index contributed by atoms with van der Waals surface area (Å²) >= 11 is 5.72. The summed E-state index contributed by atoms with van der Waals surface area (Å²) in [7, 11) is 0. The number of ether oxygens (including phenoxy) is 1. The van der Waals surface area contributed by atoms with Gasteiger partial charge in [0.05, 0.1) is 6.61 Å². The number of hydrogen-bond acceptors (Lipinski definition) is 6. The fraction of sp³-hybridized carbons (Fsp3) is 0.357. The third-order valence-corrected chi connectivity index (χ3v) is 2.68. The van der Waals surface area contributed by atoms with Crippen LogP contribution in [0.4, 0.5) is 0 Å². The number of halogens is 1. The molecule has 0 amide bonds. The number of esters is 1. The Balaban J connectivity index is 2.87. The quantitative estimate of drug-likeness (QED) is 0.345. The Morgan fingerprint density at radius 3 is 2.71 bits per heavy atom. The molecular weight excluding hydrogens is 292 g/mol. The summed E-state index contributed by atoms with van der Waals surface area (Å²) in [5, 5.41) is 15.5. The van der Waals surface area contributed by atoms with E-state index in [1.54, 1.807) is 19.2 Å². The number of rotatable bonds is 7. The minimum Gasteiger partial charge on any atom is -0.462 e. The molecule has 0 aliphatic heterocycles. The third-order valence-electron chi connectivity index (χ3n) is 2.45. The van der Waals surface area contributed by atoms with Crippen LogP contribution in [0.1, 0.15) is 19.4 Å². The molecule has 112 valence electrons. The van der Waals surface area contributed by atoms with Gasteiger partial charge in [-0.3, -0.25) is 0 Å². The van der Waals surface area contributed by atoms with Gasteiger partial charge >= 0.3 is 5.97 Å². The summed E-state index contributed by atoms with van der Waals surface area (Å²) in [5.74, 6) is -0.314. The second-order valence-corrected chi connectivity index (χ2v) is 4.34. The van der Waals surface area contributed by atoms with Crippen molar-refractivity contribution in [3.05, 3.63) is 40.4 Å². The lowest BCUT2D eigenvalue weighted by Crippen LogP contribution is -2.30. The molecule has 0 saturated carbocycles. The molecule has 0 aromatic carbocycles. The van der Waals surface area contributed by atoms with E-state index in [1.807, 2.05) is 19.1 Å². The average molecular weight is 309 g/mol. The van der Waals surface area contributed by atoms with Crippen LogP contribution in [0.15, 0.2) is 29.7 Å². The molecule has 1 heterocycles. The average Bonchev–Trinajstić information content (AvgIpc) is 2.47. The highest BCUT2D eigenvalue weighted by Crippen LogP contribution is 2.07. The van der Waals surface area contributed by atoms with Gasteiger partial charge in [-0.25, -0.2) is 9.78 Å². The molecule has 0 spiro atoms. The lowest BCUT2D eigenvalue weighted by atomic mass is 10.2. The van der Waals surface area contributed by atoms with Gasteiger partial charge in [-0.05, 0) is 25.5 Å². The second-order valence-electron chi connectivity index (χ2n) is 3.96. The number of carbonyl (C=O) groups is 1. The van der Waals surface area contributed by atoms with Crippen LogP contribution in [-0.4, -0.2) is 24.1 Å². The molecule has 21 heavy (non-hydrogen) atoms. The van der Waals surface area contributed by atoms with Crippen molar-refractivity contribution in [1.29, 1.82) is 5.26 Å². The Kier molecular flexibility index (Phi) is 7.05. The lowest BCUT2D eigenvalue weighted by Gasteiger charge is -2.14. The van der Waals surface area contributed by atoms with E-state index in [-0.39, 0.29) is 12.2 Å². The van der Waals surface area contributed by atoms with Crippen molar-refractivity contribution in [3.63, 3.8) is 0 Å². The van der Waals surface area contributed by atoms with Crippen molar-refractivity contribution in [1.82, 2.24) is 15.6 Å². The van der Waals surface area contributed by atoms with Crippen LogP contribution in [0.3, 0.4) is 0 Å². The van der Waals surface area contributed by atoms with Crippen molar-refractivity contribution in [3.8, 4) is 6.07 Å². The summed E-state index contributed by atoms with van der Waals surface area (Å²) in [6.07, 6.45) is 1.62. The zero-order valence-corrected chi connectivity index (χ0v) is 12.7. The van der Waals surface area contributed by atoms with Crippen LogP contribution in [0, 0.1) is 11.3 Å². The van der Waals surface area contributed by atoms with Gasteiger partial charge in [0.2, 0.25) is 0 Å². The van der Waals surface area contributed by atoms with Crippen molar-refractivity contribution in [2.24, 2.45) is 0 Å². The third kappa shape index (κ3) is 5.32. The molecule has 0 fully saturated rings. The van der Waals surface area contributed by atoms with Crippen molar-refractivity contribution >= 4 is 17.6 Å². The summed E-state index contributed by atoms with van der Waals surface area (Å²) in [6, 6.07) is 5.34. The highest BCUT2D eigenvalue weighted by atomic mass is 35.5. The predicted molar refractivity (Wildman–Crippen MR) is 79.0 cm³/mol. The van der Waals surface area contributed by atoms with Crippen molar-refractivity contribution < 1.29 is 9.53 Å². The first-order valence-electron chi connectivity index (χ1n) is 6.52. The van der Waals surface area contributed by atoms with Crippen LogP contribution >= 0.6 is 11.6 Å². The molecule has 0 aliphatic rings. The van der Waals surface area contributed by atoms with Gasteiger partial charge in [0, 0.05) is 19.3 Å². The molecule has 6 nitrogen and oxygen atoms in total. The maximum absolute atomic E-state index is 11.7. The molecule has 1 rings (SSSR count). The number of pyridine rings is 1. The number of nitrogens with zero attached hydrogens (tertiary/aromatic N) is 2. The van der Waals surface area contributed by atoms with Crippen LogP contribution in [0.25, 0.3) is 0 Å². The number of carbonyl (C=O) groups excluding carboxylic acids is 1. The van der Waals surface area contributed by atoms with Gasteiger partial charge in [0.15, 0.2) is 5.57 Å². The summed E-state index contributed by atoms with van der Waals surface area (Å²) in [5.41, 5.74) is 0.788. The van der Waals surface area contributed by atoms with Crippen molar-refractivity contribution in [2.45, 2.75) is 20.4 Å². The van der Waals surface area contributed by atoms with Gasteiger partial charge in [-0.1, -0.05) is 17.7 Å². The molecule has 0 unspecified atom stereocenters. The normalized spacial score (nSPS) is 11.1. The van der Waals surface area contributed by atoms with Gasteiger partial charge < -0.3 is 15.4 Å². The number of nitriles is 1. The van der Waals surface area contributed by atoms with E-state index in [0.717, 1.165) is 5.56 Å². The van der Waals surface area contributed by atoms with E-state index in [4.69, 9.17) is 21.6 Å². The topological polar surface area (TPSA) is 87.0 Å². The molecule has 0 atom stereocenters. The first kappa shape index (κ1) is 16.8. The van der Waals surface area contributed by atoms with Gasteiger partial charge in [0.1, 0.15) is 17.0 Å². The fourth-order valence-electron chi connectivity index (χ4n) is 1.52. The maximum atomic E-state index is 11.7. The molecule has 2 N–H and O–H groups in total. The van der Waals surface area contributed by atoms with Gasteiger partial charge in [0.25, 0.3) is 0 Å². The Morgan fingerprint density at radius 2 is 2.19 bits per heavy atom. The Bertz CT molecular complexity index is 549. The SMILES string of the molecule is CCNC(NCc1ccc(Cl)nc1)=C(C#N)C(=O)OCC. The summed E-state index contributed by atoms with van der Waals surface area (Å²) in [4.78, 5) is 15.7. The zero-order valence-electron chi connectivity index (χ0n) is 11.9. The predicted octanol–water partition coefficient (Wildman–Crippen LogP) is 1.73. The minimum atomic E-state index is -0.655. The van der Waals surface area contributed by atoms with E-state index < -0.39 is 5.97 Å². The Hall–Kier alpha value is -2.26. The molecule has 7 heteroatoms. The van der Waals surface area contributed by atoms with Crippen molar-refractivity contribution in [2.75, 3.05) is 13.2 Å². The minimum absolute atomic E-state index is 0.0828. The number of hydrogen-bond donors (Lipinski definition) is 2. The van der Waals surface area contributed by atoms with E-state index in [1.165, 1.54) is 0 Å². The zero-order chi connectivity index (χ0) is 15.7. The standard InChI is InChI=1S/C14H17ClN4O2/c1-3-17-13(11(7-16)14(20)21-4-2)19-9-10-5-6-12(15)18-8-10/h5-6,8,17,19H,3-4,9H2,1-2H3. The van der Waals surface area contributed by atoms with Gasteiger partial charge in [-0.2, -0.15) is 5.26 Å².